The molecule has 26 heavy (non-hydrogen) atoms. The lowest BCUT2D eigenvalue weighted by molar-refractivity contribution is 0.0988. The number of hydrogen-bond donors (Lipinski definition) is 1. The van der Waals surface area contributed by atoms with Crippen LogP contribution in [0.25, 0.3) is 10.9 Å². The summed E-state index contributed by atoms with van der Waals surface area (Å²) in [5.41, 5.74) is 1.84. The quantitative estimate of drug-likeness (QED) is 0.723. The molecule has 0 saturated carbocycles. The molecule has 1 aliphatic rings. The number of para-hydroxylation sites is 1. The van der Waals surface area contributed by atoms with Crippen LogP contribution in [0.4, 0.5) is 5.69 Å². The normalized spacial score (nSPS) is 12.5. The highest BCUT2D eigenvalue weighted by Crippen LogP contribution is 2.36. The van der Waals surface area contributed by atoms with Gasteiger partial charge in [0.2, 0.25) is 0 Å². The van der Waals surface area contributed by atoms with E-state index in [9.17, 15) is 14.7 Å². The van der Waals surface area contributed by atoms with Gasteiger partial charge in [-0.1, -0.05) is 18.2 Å². The maximum absolute atomic E-state index is 13.0. The molecule has 0 unspecified atom stereocenters. The Bertz CT molecular complexity index is 1090. The van der Waals surface area contributed by atoms with Crippen LogP contribution in [0.2, 0.25) is 0 Å². The molecule has 0 radical (unpaired) electrons. The van der Waals surface area contributed by atoms with Gasteiger partial charge in [-0.2, -0.15) is 0 Å². The molecular weight excluding hydrogens is 348 g/mol. The molecule has 2 heterocycles. The second-order valence-corrected chi connectivity index (χ2v) is 7.19. The third-order valence-electron chi connectivity index (χ3n) is 4.89. The summed E-state index contributed by atoms with van der Waals surface area (Å²) in [5.74, 6) is -0.736. The van der Waals surface area contributed by atoms with Gasteiger partial charge < -0.3 is 14.6 Å². The van der Waals surface area contributed by atoms with Crippen molar-refractivity contribution in [2.24, 2.45) is 0 Å². The number of carbonyl (C=O) groups is 1. The number of carbonyl (C=O) groups excluding carboxylic acids is 1. The topological polar surface area (TPSA) is 62.5 Å². The Hall–Kier alpha value is -2.73. The largest absolute Gasteiger partial charge is 0.506 e. The van der Waals surface area contributed by atoms with E-state index in [1.165, 1.54) is 4.90 Å². The molecule has 6 heteroatoms. The van der Waals surface area contributed by atoms with Crippen LogP contribution in [0.3, 0.4) is 0 Å². The van der Waals surface area contributed by atoms with Gasteiger partial charge in [0.25, 0.3) is 11.5 Å². The van der Waals surface area contributed by atoms with Crippen molar-refractivity contribution >= 4 is 34.3 Å². The van der Waals surface area contributed by atoms with Crippen molar-refractivity contribution < 1.29 is 9.90 Å². The second kappa shape index (κ2) is 6.21. The highest BCUT2D eigenvalue weighted by molar-refractivity contribution is 7.98. The van der Waals surface area contributed by atoms with Crippen LogP contribution in [0.15, 0.2) is 52.2 Å². The average molecular weight is 366 g/mol. The van der Waals surface area contributed by atoms with Gasteiger partial charge in [-0.25, -0.2) is 0 Å². The lowest BCUT2D eigenvalue weighted by Gasteiger charge is -2.19. The average Bonchev–Trinajstić information content (AvgIpc) is 3.10. The van der Waals surface area contributed by atoms with Crippen molar-refractivity contribution in [2.75, 3.05) is 18.2 Å². The first-order valence-electron chi connectivity index (χ1n) is 8.32. The Morgan fingerprint density at radius 3 is 2.65 bits per heavy atom. The predicted octanol–water partition coefficient (Wildman–Crippen LogP) is 3.26. The number of nitrogens with zero attached hydrogens (tertiary/aromatic N) is 2. The van der Waals surface area contributed by atoms with Crippen molar-refractivity contribution in [3.8, 4) is 5.75 Å². The van der Waals surface area contributed by atoms with E-state index in [2.05, 4.69) is 0 Å². The van der Waals surface area contributed by atoms with E-state index in [0.717, 1.165) is 22.4 Å². The number of aryl methyl sites for hydroxylation is 2. The minimum Gasteiger partial charge on any atom is -0.506 e. The highest BCUT2D eigenvalue weighted by atomic mass is 32.2. The molecule has 0 saturated heterocycles. The predicted molar refractivity (Wildman–Crippen MR) is 105 cm³/mol. The molecule has 1 amide bonds. The minimum atomic E-state index is -0.507. The lowest BCUT2D eigenvalue weighted by atomic mass is 10.1. The molecule has 0 bridgehead atoms. The molecular formula is C20H18N2O3S. The van der Waals surface area contributed by atoms with E-state index in [-0.39, 0.29) is 11.3 Å². The summed E-state index contributed by atoms with van der Waals surface area (Å²) in [7, 11) is 1.61. The first-order valence-corrected chi connectivity index (χ1v) is 9.55. The Morgan fingerprint density at radius 1 is 1.23 bits per heavy atom. The van der Waals surface area contributed by atoms with E-state index in [4.69, 9.17) is 0 Å². The van der Waals surface area contributed by atoms with Gasteiger partial charge in [0.05, 0.1) is 5.52 Å². The SMILES string of the molecule is CSc1cc2c3c(c1)c(O)c(C(=O)N(C)c1ccccc1)c(=O)n3CC2. The summed E-state index contributed by atoms with van der Waals surface area (Å²) >= 11 is 1.57. The summed E-state index contributed by atoms with van der Waals surface area (Å²) in [6, 6.07) is 13.0. The van der Waals surface area contributed by atoms with Crippen LogP contribution in [-0.2, 0) is 13.0 Å². The molecule has 1 N–H and O–H groups in total. The lowest BCUT2D eigenvalue weighted by Crippen LogP contribution is -2.34. The Morgan fingerprint density at radius 2 is 1.96 bits per heavy atom. The third kappa shape index (κ3) is 2.41. The fraction of sp³-hybridized carbons (Fsp3) is 0.200. The summed E-state index contributed by atoms with van der Waals surface area (Å²) in [6.07, 6.45) is 2.69. The molecule has 0 fully saturated rings. The van der Waals surface area contributed by atoms with Crippen LogP contribution in [-0.4, -0.2) is 28.9 Å². The van der Waals surface area contributed by atoms with Gasteiger partial charge in [-0.05, 0) is 42.5 Å². The number of aromatic hydroxyl groups is 1. The fourth-order valence-electron chi connectivity index (χ4n) is 3.52. The van der Waals surface area contributed by atoms with Crippen LogP contribution in [0.5, 0.6) is 5.75 Å². The molecule has 0 aliphatic carbocycles. The van der Waals surface area contributed by atoms with E-state index in [1.807, 2.05) is 36.6 Å². The van der Waals surface area contributed by atoms with Gasteiger partial charge in [-0.15, -0.1) is 11.8 Å². The van der Waals surface area contributed by atoms with Crippen molar-refractivity contribution in [1.29, 1.82) is 0 Å². The Labute approximate surface area is 154 Å². The number of hydrogen-bond acceptors (Lipinski definition) is 4. The first-order chi connectivity index (χ1) is 12.5. The number of rotatable bonds is 3. The highest BCUT2D eigenvalue weighted by Gasteiger charge is 2.28. The number of amides is 1. The van der Waals surface area contributed by atoms with E-state index in [1.54, 1.807) is 35.5 Å². The zero-order valence-electron chi connectivity index (χ0n) is 14.5. The maximum Gasteiger partial charge on any atom is 0.267 e. The molecule has 2 aromatic carbocycles. The molecule has 4 rings (SSSR count). The zero-order valence-corrected chi connectivity index (χ0v) is 15.3. The van der Waals surface area contributed by atoms with Gasteiger partial charge in [0.1, 0.15) is 11.3 Å². The number of aromatic nitrogens is 1. The zero-order chi connectivity index (χ0) is 18.4. The van der Waals surface area contributed by atoms with Gasteiger partial charge in [0, 0.05) is 29.6 Å². The fourth-order valence-corrected chi connectivity index (χ4v) is 4.02. The monoisotopic (exact) mass is 366 g/mol. The Balaban J connectivity index is 1.94. The van der Waals surface area contributed by atoms with E-state index < -0.39 is 11.5 Å². The van der Waals surface area contributed by atoms with Crippen molar-refractivity contribution in [3.63, 3.8) is 0 Å². The van der Waals surface area contributed by atoms with Crippen LogP contribution >= 0.6 is 11.8 Å². The molecule has 1 aliphatic heterocycles. The summed E-state index contributed by atoms with van der Waals surface area (Å²) in [6.45, 7) is 0.526. The van der Waals surface area contributed by atoms with Crippen LogP contribution < -0.4 is 10.5 Å². The minimum absolute atomic E-state index is 0.171. The maximum atomic E-state index is 13.0. The van der Waals surface area contributed by atoms with Crippen molar-refractivity contribution in [1.82, 2.24) is 4.57 Å². The number of thioether (sulfide) groups is 1. The van der Waals surface area contributed by atoms with Gasteiger partial charge in [-0.3, -0.25) is 9.59 Å². The Kier molecular flexibility index (Phi) is 4.00. The van der Waals surface area contributed by atoms with Crippen LogP contribution in [0.1, 0.15) is 15.9 Å². The molecule has 132 valence electrons. The van der Waals surface area contributed by atoms with Gasteiger partial charge >= 0.3 is 0 Å². The molecule has 0 spiro atoms. The number of anilines is 1. The summed E-state index contributed by atoms with van der Waals surface area (Å²) < 4.78 is 1.61. The van der Waals surface area contributed by atoms with Crippen LogP contribution in [0, 0.1) is 0 Å². The second-order valence-electron chi connectivity index (χ2n) is 6.31. The summed E-state index contributed by atoms with van der Waals surface area (Å²) in [4.78, 5) is 28.4. The van der Waals surface area contributed by atoms with Gasteiger partial charge in [0.15, 0.2) is 0 Å². The number of pyridine rings is 1. The molecule has 1 aromatic heterocycles. The molecule has 3 aromatic rings. The molecule has 0 atom stereocenters. The first kappa shape index (κ1) is 16.7. The molecule has 5 nitrogen and oxygen atoms in total. The smallest absolute Gasteiger partial charge is 0.267 e. The third-order valence-corrected chi connectivity index (χ3v) is 5.59. The standard InChI is InChI=1S/C20H18N2O3S/c1-21(13-6-4-3-5-7-13)19(24)16-18(23)15-11-14(26-2)10-12-8-9-22(17(12)15)20(16)25/h3-7,10-11,23H,8-9H2,1-2H3. The van der Waals surface area contributed by atoms with E-state index >= 15 is 0 Å². The van der Waals surface area contributed by atoms with Crippen molar-refractivity contribution in [3.05, 3.63) is 63.9 Å². The summed E-state index contributed by atoms with van der Waals surface area (Å²) in [5, 5.41) is 11.4. The number of benzene rings is 2. The van der Waals surface area contributed by atoms with E-state index in [0.29, 0.717) is 17.6 Å². The van der Waals surface area contributed by atoms with Crippen molar-refractivity contribution in [2.45, 2.75) is 17.9 Å².